The summed E-state index contributed by atoms with van der Waals surface area (Å²) in [4.78, 5) is 39.7. The van der Waals surface area contributed by atoms with Crippen molar-refractivity contribution in [1.82, 2.24) is 0 Å². The van der Waals surface area contributed by atoms with Crippen LogP contribution in [0.3, 0.4) is 0 Å². The van der Waals surface area contributed by atoms with Gasteiger partial charge in [-0.3, -0.25) is 14.4 Å². The van der Waals surface area contributed by atoms with Gasteiger partial charge in [-0.1, -0.05) is 29.8 Å². The molecule has 0 bridgehead atoms. The number of benzene rings is 3. The minimum Gasteiger partial charge on any atom is -0.497 e. The van der Waals surface area contributed by atoms with Crippen LogP contribution in [-0.2, 0) is 9.59 Å². The number of anilines is 3. The molecule has 2 N–H and O–H groups in total. The number of hydrogen-bond donors (Lipinski definition) is 2. The highest BCUT2D eigenvalue weighted by molar-refractivity contribution is 9.10. The van der Waals surface area contributed by atoms with E-state index in [-0.39, 0.29) is 28.1 Å². The summed E-state index contributed by atoms with van der Waals surface area (Å²) in [6.07, 6.45) is 0. The third-order valence-corrected chi connectivity index (χ3v) is 6.21. The van der Waals surface area contributed by atoms with Gasteiger partial charge in [-0.25, -0.2) is 4.90 Å². The molecule has 0 saturated carbocycles. The second kappa shape index (κ2) is 10.2. The van der Waals surface area contributed by atoms with E-state index in [0.717, 1.165) is 9.37 Å². The number of carbonyl (C=O) groups excluding carboxylic acids is 3. The van der Waals surface area contributed by atoms with Crippen LogP contribution in [0, 0.1) is 0 Å². The summed E-state index contributed by atoms with van der Waals surface area (Å²) >= 11 is 9.65. The van der Waals surface area contributed by atoms with Gasteiger partial charge in [-0.2, -0.15) is 0 Å². The fraction of sp³-hybridized carbons (Fsp3) is 0.0800. The number of nitrogens with one attached hydrogen (secondary N) is 2. The lowest BCUT2D eigenvalue weighted by Gasteiger charge is -2.18. The fourth-order valence-electron chi connectivity index (χ4n) is 3.44. The normalized spacial score (nSPS) is 13.2. The van der Waals surface area contributed by atoms with E-state index in [0.29, 0.717) is 22.7 Å². The summed E-state index contributed by atoms with van der Waals surface area (Å²) in [6, 6.07) is 18.4. The summed E-state index contributed by atoms with van der Waals surface area (Å²) in [6.45, 7) is 0. The molecule has 0 aromatic heterocycles. The maximum Gasteiger partial charge on any atom is 0.283 e. The minimum absolute atomic E-state index is 0.113. The highest BCUT2D eigenvalue weighted by Crippen LogP contribution is 2.37. The first-order valence-corrected chi connectivity index (χ1v) is 11.4. The number of rotatable bonds is 7. The first-order valence-electron chi connectivity index (χ1n) is 10.3. The van der Waals surface area contributed by atoms with Crippen LogP contribution < -0.4 is 25.0 Å². The van der Waals surface area contributed by atoms with Crippen molar-refractivity contribution in [2.45, 2.75) is 0 Å². The number of imide groups is 1. The number of nitrogens with zero attached hydrogens (tertiary/aromatic N) is 1. The van der Waals surface area contributed by atoms with E-state index in [1.165, 1.54) is 20.3 Å². The zero-order valence-corrected chi connectivity index (χ0v) is 20.9. The number of ether oxygens (including phenoxy) is 2. The molecule has 0 spiro atoms. The van der Waals surface area contributed by atoms with Gasteiger partial charge < -0.3 is 20.1 Å². The molecule has 0 unspecified atom stereocenters. The molecule has 0 radical (unpaired) electrons. The van der Waals surface area contributed by atoms with E-state index in [1.807, 2.05) is 12.1 Å². The Bertz CT molecular complexity index is 1370. The molecule has 0 aliphatic carbocycles. The van der Waals surface area contributed by atoms with E-state index in [4.69, 9.17) is 21.1 Å². The van der Waals surface area contributed by atoms with Crippen molar-refractivity contribution in [2.75, 3.05) is 29.8 Å². The van der Waals surface area contributed by atoms with Gasteiger partial charge >= 0.3 is 0 Å². The predicted molar refractivity (Wildman–Crippen MR) is 137 cm³/mol. The molecular weight excluding hydrogens is 538 g/mol. The van der Waals surface area contributed by atoms with Crippen LogP contribution in [0.4, 0.5) is 17.1 Å². The van der Waals surface area contributed by atoms with Gasteiger partial charge in [0.1, 0.15) is 22.2 Å². The Morgan fingerprint density at radius 3 is 2.43 bits per heavy atom. The average Bonchev–Trinajstić information content (AvgIpc) is 3.08. The number of methoxy groups -OCH3 is 2. The van der Waals surface area contributed by atoms with Crippen molar-refractivity contribution in [2.24, 2.45) is 0 Å². The number of carbonyl (C=O) groups is 3. The molecule has 10 heteroatoms. The maximum absolute atomic E-state index is 13.2. The molecule has 3 amide bonds. The van der Waals surface area contributed by atoms with E-state index in [1.54, 1.807) is 48.5 Å². The highest BCUT2D eigenvalue weighted by Gasteiger charge is 2.40. The molecule has 4 rings (SSSR count). The molecule has 35 heavy (non-hydrogen) atoms. The van der Waals surface area contributed by atoms with Gasteiger partial charge in [0.15, 0.2) is 0 Å². The van der Waals surface area contributed by atoms with Crippen LogP contribution in [0.25, 0.3) is 0 Å². The van der Waals surface area contributed by atoms with Crippen LogP contribution in [0.2, 0.25) is 0 Å². The first-order chi connectivity index (χ1) is 16.8. The van der Waals surface area contributed by atoms with Crippen molar-refractivity contribution >= 4 is 62.3 Å². The van der Waals surface area contributed by atoms with E-state index < -0.39 is 11.8 Å². The third-order valence-electron chi connectivity index (χ3n) is 5.17. The standard InChI is InChI=1S/C25H19BrClN3O5/c1-34-16-10-11-19(20(13-16)35-2)30-24(32)21(27)22(25(30)33)28-15-7-5-6-14(12-15)23(31)29-18-9-4-3-8-17(18)26/h3-13,28H,1-2H3,(H,29,31). The zero-order chi connectivity index (χ0) is 25.1. The Kier molecular flexibility index (Phi) is 7.09. The van der Waals surface area contributed by atoms with E-state index >= 15 is 0 Å². The number of halogens is 2. The van der Waals surface area contributed by atoms with Crippen LogP contribution in [0.15, 0.2) is 81.9 Å². The van der Waals surface area contributed by atoms with Gasteiger partial charge in [0.2, 0.25) is 0 Å². The molecule has 0 atom stereocenters. The SMILES string of the molecule is COc1ccc(N2C(=O)C(Cl)=C(Nc3cccc(C(=O)Nc4ccccc4Br)c3)C2=O)c(OC)c1. The maximum atomic E-state index is 13.2. The molecule has 8 nitrogen and oxygen atoms in total. The second-order valence-corrected chi connectivity index (χ2v) is 8.54. The lowest BCUT2D eigenvalue weighted by atomic mass is 10.1. The van der Waals surface area contributed by atoms with Crippen LogP contribution in [-0.4, -0.2) is 31.9 Å². The van der Waals surface area contributed by atoms with Crippen LogP contribution >= 0.6 is 27.5 Å². The molecule has 1 heterocycles. The topological polar surface area (TPSA) is 97.0 Å². The monoisotopic (exact) mass is 555 g/mol. The first kappa shape index (κ1) is 24.3. The number of amides is 3. The summed E-state index contributed by atoms with van der Waals surface area (Å²) in [5.41, 5.74) is 1.47. The predicted octanol–water partition coefficient (Wildman–Crippen LogP) is 5.15. The van der Waals surface area contributed by atoms with Gasteiger partial charge in [0, 0.05) is 21.8 Å². The Hall–Kier alpha value is -3.82. The highest BCUT2D eigenvalue weighted by atomic mass is 79.9. The molecule has 0 fully saturated rings. The van der Waals surface area contributed by atoms with Crippen molar-refractivity contribution in [3.63, 3.8) is 0 Å². The molecule has 178 valence electrons. The second-order valence-electron chi connectivity index (χ2n) is 7.31. The Labute approximate surface area is 214 Å². The summed E-state index contributed by atoms with van der Waals surface area (Å²) in [5, 5.41) is 5.42. The molecular formula is C25H19BrClN3O5. The van der Waals surface area contributed by atoms with Crippen molar-refractivity contribution in [3.8, 4) is 11.5 Å². The quantitative estimate of drug-likeness (QED) is 0.391. The lowest BCUT2D eigenvalue weighted by Crippen LogP contribution is -2.32. The lowest BCUT2D eigenvalue weighted by molar-refractivity contribution is -0.120. The summed E-state index contributed by atoms with van der Waals surface area (Å²) in [7, 11) is 2.91. The molecule has 3 aromatic rings. The van der Waals surface area contributed by atoms with Crippen molar-refractivity contribution < 1.29 is 23.9 Å². The zero-order valence-electron chi connectivity index (χ0n) is 18.6. The summed E-state index contributed by atoms with van der Waals surface area (Å²) < 4.78 is 11.2. The minimum atomic E-state index is -0.703. The Morgan fingerprint density at radius 2 is 1.71 bits per heavy atom. The summed E-state index contributed by atoms with van der Waals surface area (Å²) in [5.74, 6) is -0.946. The smallest absolute Gasteiger partial charge is 0.283 e. The third kappa shape index (κ3) is 4.87. The van der Waals surface area contributed by atoms with Crippen molar-refractivity contribution in [3.05, 3.63) is 87.5 Å². The number of hydrogen-bond acceptors (Lipinski definition) is 6. The van der Waals surface area contributed by atoms with E-state index in [2.05, 4.69) is 26.6 Å². The Morgan fingerprint density at radius 1 is 0.943 bits per heavy atom. The van der Waals surface area contributed by atoms with Gasteiger partial charge in [-0.15, -0.1) is 0 Å². The largest absolute Gasteiger partial charge is 0.497 e. The molecule has 3 aromatic carbocycles. The molecule has 1 aliphatic heterocycles. The van der Waals surface area contributed by atoms with Gasteiger partial charge in [0.05, 0.1) is 25.6 Å². The number of para-hydroxylation sites is 1. The molecule has 0 saturated heterocycles. The van der Waals surface area contributed by atoms with Crippen LogP contribution in [0.1, 0.15) is 10.4 Å². The average molecular weight is 557 g/mol. The fourth-order valence-corrected chi connectivity index (χ4v) is 4.04. The van der Waals surface area contributed by atoms with Gasteiger partial charge in [0.25, 0.3) is 17.7 Å². The Balaban J connectivity index is 1.57. The van der Waals surface area contributed by atoms with Crippen molar-refractivity contribution in [1.29, 1.82) is 0 Å². The van der Waals surface area contributed by atoms with E-state index in [9.17, 15) is 14.4 Å². The van der Waals surface area contributed by atoms with Gasteiger partial charge in [-0.05, 0) is 58.4 Å². The molecule has 1 aliphatic rings. The van der Waals surface area contributed by atoms with Crippen LogP contribution in [0.5, 0.6) is 11.5 Å².